The second-order valence-electron chi connectivity index (χ2n) is 15.3. The van der Waals surface area contributed by atoms with Gasteiger partial charge in [-0.2, -0.15) is 0 Å². The molecule has 1 aliphatic heterocycles. The fourth-order valence-corrected chi connectivity index (χ4v) is 10.1. The van der Waals surface area contributed by atoms with Crippen LogP contribution in [0.5, 0.6) is 0 Å². The van der Waals surface area contributed by atoms with Crippen LogP contribution >= 0.6 is 0 Å². The molecule has 0 fully saturated rings. The molecule has 0 atom stereocenters. The smallest absolute Gasteiger partial charge is 0.0548 e. The minimum atomic E-state index is 0.854. The first-order chi connectivity index (χ1) is 27.8. The van der Waals surface area contributed by atoms with Crippen LogP contribution in [0, 0.1) is 0 Å². The van der Waals surface area contributed by atoms with Crippen molar-refractivity contribution in [2.45, 2.75) is 0 Å². The Kier molecular flexibility index (Phi) is 5.95. The van der Waals surface area contributed by atoms with Gasteiger partial charge in [0.2, 0.25) is 0 Å². The predicted molar refractivity (Wildman–Crippen MR) is 238 cm³/mol. The van der Waals surface area contributed by atoms with E-state index in [1.807, 2.05) is 0 Å². The Bertz CT molecular complexity index is 3520. The SMILES string of the molecule is C1=Cc2c(ccc3c2c2ccccc2n3-c2ccc3c(c2)c2cc(-c4ccc5c6c(cccc46)-c4ccc6ccccc6c4-5)ccc2n3-c2ccccc2)NC1. The molecule has 260 valence electrons. The monoisotopic (exact) mass is 711 g/mol. The number of para-hydroxylation sites is 2. The van der Waals surface area contributed by atoms with E-state index in [9.17, 15) is 0 Å². The first-order valence-corrected chi connectivity index (χ1v) is 19.5. The van der Waals surface area contributed by atoms with E-state index in [2.05, 4.69) is 196 Å². The fraction of sp³-hybridized carbons (Fsp3) is 0.0189. The molecule has 2 aromatic heterocycles. The molecule has 0 amide bonds. The number of nitrogens with one attached hydrogen (secondary N) is 1. The number of nitrogens with zero attached hydrogens (tertiary/aromatic N) is 2. The Balaban J connectivity index is 1.07. The lowest BCUT2D eigenvalue weighted by Crippen LogP contribution is -2.04. The third kappa shape index (κ3) is 3.96. The van der Waals surface area contributed by atoms with Gasteiger partial charge in [-0.3, -0.25) is 0 Å². The molecule has 3 heteroatoms. The van der Waals surface area contributed by atoms with Gasteiger partial charge in [-0.25, -0.2) is 0 Å². The molecule has 3 heterocycles. The molecular weight excluding hydrogens is 679 g/mol. The van der Waals surface area contributed by atoms with E-state index in [-0.39, 0.29) is 0 Å². The third-order valence-corrected chi connectivity index (χ3v) is 12.4. The van der Waals surface area contributed by atoms with Crippen LogP contribution in [0.1, 0.15) is 5.56 Å². The van der Waals surface area contributed by atoms with E-state index in [4.69, 9.17) is 0 Å². The second kappa shape index (κ2) is 11.1. The van der Waals surface area contributed by atoms with Crippen molar-refractivity contribution in [3.63, 3.8) is 0 Å². The summed E-state index contributed by atoms with van der Waals surface area (Å²) in [6, 6.07) is 63.2. The van der Waals surface area contributed by atoms with E-state index < -0.39 is 0 Å². The van der Waals surface area contributed by atoms with Gasteiger partial charge in [0.25, 0.3) is 0 Å². The average molecular weight is 712 g/mol. The summed E-state index contributed by atoms with van der Waals surface area (Å²) >= 11 is 0. The van der Waals surface area contributed by atoms with E-state index >= 15 is 0 Å². The fourth-order valence-electron chi connectivity index (χ4n) is 10.1. The average Bonchev–Trinajstić information content (AvgIpc) is 3.90. The van der Waals surface area contributed by atoms with E-state index in [1.54, 1.807) is 0 Å². The first-order valence-electron chi connectivity index (χ1n) is 19.5. The first kappa shape index (κ1) is 30.0. The van der Waals surface area contributed by atoms with Crippen LogP contribution in [0.25, 0.3) is 116 Å². The molecule has 13 rings (SSSR count). The highest BCUT2D eigenvalue weighted by Gasteiger charge is 2.25. The summed E-state index contributed by atoms with van der Waals surface area (Å²) in [4.78, 5) is 0. The number of hydrogen-bond donors (Lipinski definition) is 1. The Hall–Kier alpha value is -7.36. The summed E-state index contributed by atoms with van der Waals surface area (Å²) in [5.74, 6) is 0. The lowest BCUT2D eigenvalue weighted by Gasteiger charge is -2.15. The van der Waals surface area contributed by atoms with Gasteiger partial charge in [0.15, 0.2) is 0 Å². The minimum Gasteiger partial charge on any atom is -0.381 e. The standard InChI is InChI=1S/C53H33N3/c1-2-11-34(12-3-1)55-48-26-20-33(36-23-24-43-51-37-13-5-4-10-32(37)19-22-40(51)39-16-8-15-38(36)52(39)43)30-44(48)45-31-35(21-27-49(45)55)56-47-18-7-6-14-42(47)53-41-17-9-29-54-46(41)25-28-50(53)56/h1-28,30-31,54H,29H2. The van der Waals surface area contributed by atoms with Gasteiger partial charge < -0.3 is 14.5 Å². The van der Waals surface area contributed by atoms with Crippen LogP contribution in [0.3, 0.4) is 0 Å². The molecule has 1 N–H and O–H groups in total. The molecule has 3 nitrogen and oxygen atoms in total. The van der Waals surface area contributed by atoms with Crippen LogP contribution in [0.2, 0.25) is 0 Å². The summed E-state index contributed by atoms with van der Waals surface area (Å²) < 4.78 is 4.87. The van der Waals surface area contributed by atoms with Gasteiger partial charge in [0.05, 0.1) is 22.1 Å². The third-order valence-electron chi connectivity index (χ3n) is 12.4. The normalized spacial score (nSPS) is 13.0. The van der Waals surface area contributed by atoms with Gasteiger partial charge in [0, 0.05) is 50.7 Å². The molecule has 9 aromatic carbocycles. The molecule has 1 aliphatic carbocycles. The summed E-state index contributed by atoms with van der Waals surface area (Å²) in [5.41, 5.74) is 17.4. The van der Waals surface area contributed by atoms with Gasteiger partial charge in [-0.15, -0.1) is 0 Å². The van der Waals surface area contributed by atoms with Crippen molar-refractivity contribution in [2.24, 2.45) is 0 Å². The number of hydrogen-bond acceptors (Lipinski definition) is 1. The zero-order valence-corrected chi connectivity index (χ0v) is 30.4. The Morgan fingerprint density at radius 1 is 0.411 bits per heavy atom. The zero-order chi connectivity index (χ0) is 36.5. The maximum atomic E-state index is 3.58. The highest BCUT2D eigenvalue weighted by molar-refractivity contribution is 6.24. The highest BCUT2D eigenvalue weighted by Crippen LogP contribution is 2.52. The largest absolute Gasteiger partial charge is 0.381 e. The van der Waals surface area contributed by atoms with Crippen LogP contribution in [-0.2, 0) is 0 Å². The summed E-state index contributed by atoms with van der Waals surface area (Å²) in [6.07, 6.45) is 4.50. The van der Waals surface area contributed by atoms with Crippen molar-refractivity contribution < 1.29 is 0 Å². The molecular formula is C53H33N3. The van der Waals surface area contributed by atoms with Crippen molar-refractivity contribution in [3.8, 4) is 44.8 Å². The van der Waals surface area contributed by atoms with Crippen molar-refractivity contribution >= 4 is 76.9 Å². The predicted octanol–water partition coefficient (Wildman–Crippen LogP) is 13.9. The highest BCUT2D eigenvalue weighted by atomic mass is 15.0. The number of anilines is 1. The van der Waals surface area contributed by atoms with Crippen molar-refractivity contribution in [2.75, 3.05) is 11.9 Å². The van der Waals surface area contributed by atoms with E-state index in [1.165, 1.54) is 110 Å². The maximum Gasteiger partial charge on any atom is 0.0548 e. The molecule has 2 aliphatic rings. The van der Waals surface area contributed by atoms with Crippen LogP contribution in [0.4, 0.5) is 5.69 Å². The van der Waals surface area contributed by atoms with Crippen molar-refractivity contribution in [1.29, 1.82) is 0 Å². The Morgan fingerprint density at radius 2 is 1.12 bits per heavy atom. The van der Waals surface area contributed by atoms with E-state index in [0.29, 0.717) is 0 Å². The van der Waals surface area contributed by atoms with Crippen LogP contribution in [0.15, 0.2) is 176 Å². The lowest BCUT2D eigenvalue weighted by molar-refractivity contribution is 1.16. The Morgan fingerprint density at radius 3 is 2.05 bits per heavy atom. The molecule has 11 aromatic rings. The van der Waals surface area contributed by atoms with E-state index in [0.717, 1.165) is 17.9 Å². The van der Waals surface area contributed by atoms with Crippen molar-refractivity contribution in [3.05, 3.63) is 181 Å². The topological polar surface area (TPSA) is 21.9 Å². The molecule has 0 spiro atoms. The second-order valence-corrected chi connectivity index (χ2v) is 15.3. The van der Waals surface area contributed by atoms with Crippen molar-refractivity contribution in [1.82, 2.24) is 9.13 Å². The quantitative estimate of drug-likeness (QED) is 0.194. The van der Waals surface area contributed by atoms with Crippen LogP contribution in [-0.4, -0.2) is 15.7 Å². The van der Waals surface area contributed by atoms with Gasteiger partial charge in [-0.05, 0) is 116 Å². The minimum absolute atomic E-state index is 0.854. The molecule has 0 bridgehead atoms. The Labute approximate surface area is 323 Å². The maximum absolute atomic E-state index is 3.58. The molecule has 56 heavy (non-hydrogen) atoms. The van der Waals surface area contributed by atoms with Crippen LogP contribution < -0.4 is 5.32 Å². The summed E-state index contributed by atoms with van der Waals surface area (Å²) in [6.45, 7) is 0.854. The molecule has 0 saturated carbocycles. The number of fused-ring (bicyclic) bond motifs is 13. The summed E-state index contributed by atoms with van der Waals surface area (Å²) in [5, 5.41) is 13.9. The molecule has 0 unspecified atom stereocenters. The molecule has 0 saturated heterocycles. The number of benzene rings is 9. The lowest BCUT2D eigenvalue weighted by atomic mass is 9.93. The van der Waals surface area contributed by atoms with Gasteiger partial charge in [-0.1, -0.05) is 121 Å². The summed E-state index contributed by atoms with van der Waals surface area (Å²) in [7, 11) is 0. The van der Waals surface area contributed by atoms with Gasteiger partial charge >= 0.3 is 0 Å². The number of aromatic nitrogens is 2. The zero-order valence-electron chi connectivity index (χ0n) is 30.4. The molecule has 0 radical (unpaired) electrons. The number of rotatable bonds is 3. The van der Waals surface area contributed by atoms with Gasteiger partial charge in [0.1, 0.15) is 0 Å².